The van der Waals surface area contributed by atoms with E-state index in [9.17, 15) is 4.79 Å². The lowest BCUT2D eigenvalue weighted by molar-refractivity contribution is 0.0735. The molecule has 0 unspecified atom stereocenters. The first-order valence-corrected chi connectivity index (χ1v) is 7.89. The van der Waals surface area contributed by atoms with Gasteiger partial charge in [-0.3, -0.25) is 9.89 Å². The summed E-state index contributed by atoms with van der Waals surface area (Å²) < 4.78 is 4.87. The number of carbonyl (C=O) groups is 1. The predicted octanol–water partition coefficient (Wildman–Crippen LogP) is 3.28. The maximum Gasteiger partial charge on any atom is 0.257 e. The van der Waals surface area contributed by atoms with Gasteiger partial charge in [0.1, 0.15) is 12.0 Å². The van der Waals surface area contributed by atoms with Crippen LogP contribution in [-0.2, 0) is 0 Å². The molecule has 2 heterocycles. The van der Waals surface area contributed by atoms with E-state index in [1.54, 1.807) is 24.2 Å². The molecule has 118 valence electrons. The monoisotopic (exact) mass is 302 g/mol. The first kappa shape index (κ1) is 14.8. The van der Waals surface area contributed by atoms with Gasteiger partial charge in [0.25, 0.3) is 5.91 Å². The Morgan fingerprint density at radius 2 is 2.18 bits per heavy atom. The number of hydrogen-bond acceptors (Lipinski definition) is 4. The molecule has 0 saturated heterocycles. The molecule has 1 atom stereocenters. The zero-order valence-electron chi connectivity index (χ0n) is 13.1. The second-order valence-electron chi connectivity index (χ2n) is 6.05. The summed E-state index contributed by atoms with van der Waals surface area (Å²) in [6, 6.07) is 1.65. The van der Waals surface area contributed by atoms with Crippen LogP contribution in [0.25, 0.3) is 0 Å². The van der Waals surface area contributed by atoms with Gasteiger partial charge in [-0.15, -0.1) is 0 Å². The summed E-state index contributed by atoms with van der Waals surface area (Å²) in [6.45, 7) is 1.94. The van der Waals surface area contributed by atoms with Crippen molar-refractivity contribution in [2.24, 2.45) is 0 Å². The molecule has 0 bridgehead atoms. The molecule has 1 N–H and O–H groups in total. The molecule has 2 aromatic heterocycles. The third-order valence-corrected chi connectivity index (χ3v) is 4.70. The van der Waals surface area contributed by atoms with Gasteiger partial charge in [0.15, 0.2) is 0 Å². The van der Waals surface area contributed by atoms with E-state index in [1.165, 1.54) is 25.5 Å². The van der Waals surface area contributed by atoms with Crippen LogP contribution in [0.4, 0.5) is 0 Å². The van der Waals surface area contributed by atoms with E-state index in [1.807, 2.05) is 6.92 Å². The Kier molecular flexibility index (Phi) is 4.27. The lowest BCUT2D eigenvalue weighted by Gasteiger charge is -2.25. The molecular weight excluding hydrogens is 280 g/mol. The quantitative estimate of drug-likeness (QED) is 0.940. The third-order valence-electron chi connectivity index (χ3n) is 4.70. The average Bonchev–Trinajstić information content (AvgIpc) is 3.24. The molecule has 1 fully saturated rings. The van der Waals surface area contributed by atoms with E-state index in [0.29, 0.717) is 11.5 Å². The normalized spacial score (nSPS) is 17.4. The molecule has 0 spiro atoms. The van der Waals surface area contributed by atoms with Crippen molar-refractivity contribution in [2.45, 2.75) is 51.0 Å². The van der Waals surface area contributed by atoms with E-state index >= 15 is 0 Å². The van der Waals surface area contributed by atoms with Crippen molar-refractivity contribution in [1.82, 2.24) is 20.3 Å². The second-order valence-corrected chi connectivity index (χ2v) is 6.05. The number of aromatic amines is 1. The molecule has 1 amide bonds. The number of hydrogen-bond donors (Lipinski definition) is 1. The van der Waals surface area contributed by atoms with Crippen molar-refractivity contribution in [1.29, 1.82) is 0 Å². The van der Waals surface area contributed by atoms with Crippen LogP contribution in [0.1, 0.15) is 72.7 Å². The molecule has 1 saturated carbocycles. The Balaban J connectivity index is 1.79. The second kappa shape index (κ2) is 6.34. The number of carbonyl (C=O) groups excluding carboxylic acids is 1. The first-order chi connectivity index (χ1) is 10.7. The van der Waals surface area contributed by atoms with Crippen LogP contribution in [-0.4, -0.2) is 33.2 Å². The number of rotatable bonds is 4. The highest BCUT2D eigenvalue weighted by Gasteiger charge is 2.27. The SMILES string of the molecule is C[C@@H](c1ccon1)N(C)C(=O)c1cn[nH]c1C1CCCCC1. The average molecular weight is 302 g/mol. The van der Waals surface area contributed by atoms with Crippen LogP contribution in [0.2, 0.25) is 0 Å². The molecule has 0 radical (unpaired) electrons. The van der Waals surface area contributed by atoms with E-state index in [4.69, 9.17) is 4.52 Å². The van der Waals surface area contributed by atoms with Crippen molar-refractivity contribution >= 4 is 5.91 Å². The summed E-state index contributed by atoms with van der Waals surface area (Å²) in [7, 11) is 1.79. The maximum absolute atomic E-state index is 12.8. The van der Waals surface area contributed by atoms with Crippen molar-refractivity contribution in [3.63, 3.8) is 0 Å². The van der Waals surface area contributed by atoms with Crippen molar-refractivity contribution < 1.29 is 9.32 Å². The topological polar surface area (TPSA) is 75.0 Å². The lowest BCUT2D eigenvalue weighted by Crippen LogP contribution is -2.30. The van der Waals surface area contributed by atoms with Gasteiger partial charge in [-0.1, -0.05) is 24.4 Å². The molecule has 0 aliphatic heterocycles. The third kappa shape index (κ3) is 2.77. The van der Waals surface area contributed by atoms with Crippen LogP contribution >= 0.6 is 0 Å². The van der Waals surface area contributed by atoms with Gasteiger partial charge in [-0.2, -0.15) is 5.10 Å². The molecular formula is C16H22N4O2. The summed E-state index contributed by atoms with van der Waals surface area (Å²) in [5.41, 5.74) is 2.42. The fourth-order valence-electron chi connectivity index (χ4n) is 3.17. The van der Waals surface area contributed by atoms with Gasteiger partial charge in [0.05, 0.1) is 23.5 Å². The molecule has 2 aromatic rings. The molecule has 0 aromatic carbocycles. The van der Waals surface area contributed by atoms with E-state index < -0.39 is 0 Å². The standard InChI is InChI=1S/C16H22N4O2/c1-11(14-8-9-22-19-14)20(2)16(21)13-10-17-18-15(13)12-6-4-3-5-7-12/h8-12H,3-7H2,1-2H3,(H,17,18)/t11-/m0/s1. The van der Waals surface area contributed by atoms with Crippen LogP contribution in [0, 0.1) is 0 Å². The van der Waals surface area contributed by atoms with E-state index in [-0.39, 0.29) is 11.9 Å². The smallest absolute Gasteiger partial charge is 0.257 e. The minimum absolute atomic E-state index is 0.0233. The Labute approximate surface area is 129 Å². The summed E-state index contributed by atoms with van der Waals surface area (Å²) in [6.07, 6.45) is 9.17. The summed E-state index contributed by atoms with van der Waals surface area (Å²) in [4.78, 5) is 14.5. The fourth-order valence-corrected chi connectivity index (χ4v) is 3.17. The fraction of sp³-hybridized carbons (Fsp3) is 0.562. The molecule has 3 rings (SSSR count). The largest absolute Gasteiger partial charge is 0.364 e. The Bertz CT molecular complexity index is 614. The molecule has 1 aliphatic rings. The first-order valence-electron chi connectivity index (χ1n) is 7.89. The zero-order valence-corrected chi connectivity index (χ0v) is 13.1. The van der Waals surface area contributed by atoms with Crippen LogP contribution in [0.3, 0.4) is 0 Å². The highest BCUT2D eigenvalue weighted by atomic mass is 16.5. The van der Waals surface area contributed by atoms with Crippen molar-refractivity contribution in [2.75, 3.05) is 7.05 Å². The Hall–Kier alpha value is -2.11. The van der Waals surface area contributed by atoms with Gasteiger partial charge >= 0.3 is 0 Å². The summed E-state index contributed by atoms with van der Waals surface area (Å²) in [5.74, 6) is 0.399. The number of H-pyrrole nitrogens is 1. The molecule has 6 nitrogen and oxygen atoms in total. The van der Waals surface area contributed by atoms with E-state index in [2.05, 4.69) is 15.4 Å². The van der Waals surface area contributed by atoms with Gasteiger partial charge in [0.2, 0.25) is 0 Å². The number of nitrogens with zero attached hydrogens (tertiary/aromatic N) is 3. The lowest BCUT2D eigenvalue weighted by atomic mass is 9.85. The zero-order chi connectivity index (χ0) is 15.5. The van der Waals surface area contributed by atoms with Crippen molar-refractivity contribution in [3.05, 3.63) is 35.5 Å². The minimum Gasteiger partial charge on any atom is -0.364 e. The van der Waals surface area contributed by atoms with Gasteiger partial charge in [-0.25, -0.2) is 0 Å². The highest BCUT2D eigenvalue weighted by Crippen LogP contribution is 2.34. The maximum atomic E-state index is 12.8. The summed E-state index contributed by atoms with van der Waals surface area (Å²) >= 11 is 0. The number of amides is 1. The Morgan fingerprint density at radius 3 is 2.86 bits per heavy atom. The van der Waals surface area contributed by atoms with Crippen LogP contribution in [0.5, 0.6) is 0 Å². The number of nitrogens with one attached hydrogen (secondary N) is 1. The molecule has 6 heteroatoms. The van der Waals surface area contributed by atoms with Gasteiger partial charge < -0.3 is 9.42 Å². The highest BCUT2D eigenvalue weighted by molar-refractivity contribution is 5.95. The van der Waals surface area contributed by atoms with E-state index in [0.717, 1.165) is 24.2 Å². The predicted molar refractivity (Wildman–Crippen MR) is 81.4 cm³/mol. The molecule has 1 aliphatic carbocycles. The van der Waals surface area contributed by atoms with Crippen molar-refractivity contribution in [3.8, 4) is 0 Å². The van der Waals surface area contributed by atoms with Crippen LogP contribution < -0.4 is 0 Å². The minimum atomic E-state index is -0.139. The molecule has 22 heavy (non-hydrogen) atoms. The van der Waals surface area contributed by atoms with Gasteiger partial charge in [0, 0.05) is 19.0 Å². The number of aromatic nitrogens is 3. The van der Waals surface area contributed by atoms with Crippen LogP contribution in [0.15, 0.2) is 23.0 Å². The van der Waals surface area contributed by atoms with Gasteiger partial charge in [-0.05, 0) is 19.8 Å². The Morgan fingerprint density at radius 1 is 1.41 bits per heavy atom. The summed E-state index contributed by atoms with van der Waals surface area (Å²) in [5, 5.41) is 11.1.